The Hall–Kier alpha value is -2.75. The van der Waals surface area contributed by atoms with Gasteiger partial charge in [0.15, 0.2) is 0 Å². The standard InChI is InChI=1S/C24H18Cl2O3/c1-14-6-3-4-7-17(14)23-15(2)29-22-12-16(10-11-18(22)24(23)27)28-13-19-20(25)8-5-9-21(19)26/h3-12H,13H2,1-2H3. The maximum atomic E-state index is 13.1. The topological polar surface area (TPSA) is 39.4 Å². The van der Waals surface area contributed by atoms with Crippen LogP contribution in [0.1, 0.15) is 16.9 Å². The smallest absolute Gasteiger partial charge is 0.200 e. The molecule has 3 nitrogen and oxygen atoms in total. The van der Waals surface area contributed by atoms with Crippen LogP contribution in [0.15, 0.2) is 69.9 Å². The predicted octanol–water partition coefficient (Wildman–Crippen LogP) is 6.96. The molecule has 29 heavy (non-hydrogen) atoms. The van der Waals surface area contributed by atoms with Crippen molar-refractivity contribution in [3.8, 4) is 16.9 Å². The van der Waals surface area contributed by atoms with E-state index in [1.54, 1.807) is 43.3 Å². The van der Waals surface area contributed by atoms with E-state index < -0.39 is 0 Å². The van der Waals surface area contributed by atoms with Crippen molar-refractivity contribution < 1.29 is 9.15 Å². The van der Waals surface area contributed by atoms with Crippen molar-refractivity contribution in [1.29, 1.82) is 0 Å². The first kappa shape index (κ1) is 19.6. The largest absolute Gasteiger partial charge is 0.489 e. The summed E-state index contributed by atoms with van der Waals surface area (Å²) in [6.07, 6.45) is 0. The molecule has 0 radical (unpaired) electrons. The summed E-state index contributed by atoms with van der Waals surface area (Å²) < 4.78 is 11.8. The van der Waals surface area contributed by atoms with E-state index in [1.807, 2.05) is 31.2 Å². The molecule has 0 N–H and O–H groups in total. The van der Waals surface area contributed by atoms with E-state index >= 15 is 0 Å². The summed E-state index contributed by atoms with van der Waals surface area (Å²) in [7, 11) is 0. The molecule has 0 aliphatic carbocycles. The molecule has 5 heteroatoms. The minimum Gasteiger partial charge on any atom is -0.489 e. The lowest BCUT2D eigenvalue weighted by atomic mass is 9.98. The molecule has 4 aromatic rings. The van der Waals surface area contributed by atoms with Gasteiger partial charge < -0.3 is 9.15 Å². The highest BCUT2D eigenvalue weighted by molar-refractivity contribution is 6.35. The number of hydrogen-bond donors (Lipinski definition) is 0. The van der Waals surface area contributed by atoms with Gasteiger partial charge in [-0.3, -0.25) is 4.79 Å². The third-order valence-electron chi connectivity index (χ3n) is 4.90. The molecule has 0 amide bonds. The van der Waals surface area contributed by atoms with Gasteiger partial charge in [0.25, 0.3) is 0 Å². The summed E-state index contributed by atoms with van der Waals surface area (Å²) in [5, 5.41) is 1.60. The summed E-state index contributed by atoms with van der Waals surface area (Å²) >= 11 is 12.4. The lowest BCUT2D eigenvalue weighted by Gasteiger charge is -2.12. The van der Waals surface area contributed by atoms with E-state index in [-0.39, 0.29) is 12.0 Å². The monoisotopic (exact) mass is 424 g/mol. The van der Waals surface area contributed by atoms with Crippen molar-refractivity contribution in [1.82, 2.24) is 0 Å². The van der Waals surface area contributed by atoms with Gasteiger partial charge in [-0.15, -0.1) is 0 Å². The van der Waals surface area contributed by atoms with Crippen LogP contribution in [0.4, 0.5) is 0 Å². The SMILES string of the molecule is Cc1ccccc1-c1c(C)oc2cc(OCc3c(Cl)cccc3Cl)ccc2c1=O. The first-order valence-electron chi connectivity index (χ1n) is 9.15. The maximum absolute atomic E-state index is 13.1. The van der Waals surface area contributed by atoms with E-state index in [9.17, 15) is 4.79 Å². The second kappa shape index (κ2) is 7.94. The molecule has 4 rings (SSSR count). The van der Waals surface area contributed by atoms with E-state index in [1.165, 1.54) is 0 Å². The van der Waals surface area contributed by atoms with Crippen molar-refractivity contribution in [3.63, 3.8) is 0 Å². The predicted molar refractivity (Wildman–Crippen MR) is 118 cm³/mol. The Morgan fingerprint density at radius 1 is 0.931 bits per heavy atom. The second-order valence-electron chi connectivity index (χ2n) is 6.82. The van der Waals surface area contributed by atoms with E-state index in [0.29, 0.717) is 43.7 Å². The molecule has 0 aliphatic rings. The summed E-state index contributed by atoms with van der Waals surface area (Å²) in [5.41, 5.74) is 3.63. The van der Waals surface area contributed by atoms with E-state index in [0.717, 1.165) is 11.1 Å². The Labute approximate surface area is 178 Å². The van der Waals surface area contributed by atoms with Crippen LogP contribution in [0.2, 0.25) is 10.0 Å². The molecule has 0 aliphatic heterocycles. The third kappa shape index (κ3) is 3.76. The lowest BCUT2D eigenvalue weighted by molar-refractivity contribution is 0.306. The maximum Gasteiger partial charge on any atom is 0.200 e. The Kier molecular flexibility index (Phi) is 5.35. The Balaban J connectivity index is 1.72. The Morgan fingerprint density at radius 2 is 1.66 bits per heavy atom. The van der Waals surface area contributed by atoms with Gasteiger partial charge in [-0.25, -0.2) is 0 Å². The summed E-state index contributed by atoms with van der Waals surface area (Å²) in [5.74, 6) is 1.14. The van der Waals surface area contributed by atoms with Crippen molar-refractivity contribution in [2.45, 2.75) is 20.5 Å². The highest BCUT2D eigenvalue weighted by atomic mass is 35.5. The first-order chi connectivity index (χ1) is 14.0. The van der Waals surface area contributed by atoms with E-state index in [4.69, 9.17) is 32.4 Å². The summed E-state index contributed by atoms with van der Waals surface area (Å²) in [4.78, 5) is 13.1. The minimum atomic E-state index is -0.0567. The number of ether oxygens (including phenoxy) is 1. The number of halogens is 2. The Morgan fingerprint density at radius 3 is 2.38 bits per heavy atom. The quantitative estimate of drug-likeness (QED) is 0.355. The zero-order chi connectivity index (χ0) is 20.5. The number of aryl methyl sites for hydroxylation is 2. The molecular formula is C24H18Cl2O3. The van der Waals surface area contributed by atoms with Crippen LogP contribution in [0.3, 0.4) is 0 Å². The van der Waals surface area contributed by atoms with Crippen LogP contribution in [-0.4, -0.2) is 0 Å². The highest BCUT2D eigenvalue weighted by Gasteiger charge is 2.15. The van der Waals surface area contributed by atoms with Crippen LogP contribution in [0, 0.1) is 13.8 Å². The molecule has 146 valence electrons. The van der Waals surface area contributed by atoms with Gasteiger partial charge in [0.1, 0.15) is 23.7 Å². The number of fused-ring (bicyclic) bond motifs is 1. The van der Waals surface area contributed by atoms with Gasteiger partial charge >= 0.3 is 0 Å². The first-order valence-corrected chi connectivity index (χ1v) is 9.90. The molecular weight excluding hydrogens is 407 g/mol. The molecule has 0 unspecified atom stereocenters. The van der Waals surface area contributed by atoms with Crippen molar-refractivity contribution in [2.75, 3.05) is 0 Å². The highest BCUT2D eigenvalue weighted by Crippen LogP contribution is 2.29. The molecule has 1 heterocycles. The summed E-state index contributed by atoms with van der Waals surface area (Å²) in [6, 6.07) is 18.3. The molecule has 0 saturated carbocycles. The van der Waals surface area contributed by atoms with Gasteiger partial charge in [-0.05, 0) is 49.2 Å². The molecule has 1 aromatic heterocycles. The second-order valence-corrected chi connectivity index (χ2v) is 7.64. The fourth-order valence-electron chi connectivity index (χ4n) is 3.37. The molecule has 0 bridgehead atoms. The molecule has 0 atom stereocenters. The fraction of sp³-hybridized carbons (Fsp3) is 0.125. The van der Waals surface area contributed by atoms with Gasteiger partial charge in [0.05, 0.1) is 10.9 Å². The van der Waals surface area contributed by atoms with Gasteiger partial charge in [-0.1, -0.05) is 53.5 Å². The van der Waals surface area contributed by atoms with E-state index in [2.05, 4.69) is 0 Å². The molecule has 0 fully saturated rings. The summed E-state index contributed by atoms with van der Waals surface area (Å²) in [6.45, 7) is 4.00. The number of rotatable bonds is 4. The van der Waals surface area contributed by atoms with Crippen LogP contribution in [0.5, 0.6) is 5.75 Å². The Bertz CT molecular complexity index is 1250. The minimum absolute atomic E-state index is 0.0567. The number of benzene rings is 3. The van der Waals surface area contributed by atoms with Crippen molar-refractivity contribution in [2.24, 2.45) is 0 Å². The zero-order valence-corrected chi connectivity index (χ0v) is 17.5. The van der Waals surface area contributed by atoms with Crippen LogP contribution < -0.4 is 10.2 Å². The molecule has 0 saturated heterocycles. The normalized spacial score (nSPS) is 11.0. The van der Waals surface area contributed by atoms with Gasteiger partial charge in [0.2, 0.25) is 5.43 Å². The van der Waals surface area contributed by atoms with Crippen LogP contribution in [0.25, 0.3) is 22.1 Å². The number of hydrogen-bond acceptors (Lipinski definition) is 3. The van der Waals surface area contributed by atoms with Crippen molar-refractivity contribution >= 4 is 34.2 Å². The average molecular weight is 425 g/mol. The van der Waals surface area contributed by atoms with Gasteiger partial charge in [0, 0.05) is 21.7 Å². The van der Waals surface area contributed by atoms with Gasteiger partial charge in [-0.2, -0.15) is 0 Å². The zero-order valence-electron chi connectivity index (χ0n) is 16.0. The molecule has 3 aromatic carbocycles. The molecule has 0 spiro atoms. The van der Waals surface area contributed by atoms with Crippen LogP contribution in [-0.2, 0) is 6.61 Å². The fourth-order valence-corrected chi connectivity index (χ4v) is 3.87. The van der Waals surface area contributed by atoms with Crippen molar-refractivity contribution in [3.05, 3.63) is 97.8 Å². The van der Waals surface area contributed by atoms with Crippen LogP contribution >= 0.6 is 23.2 Å². The lowest BCUT2D eigenvalue weighted by Crippen LogP contribution is -2.08. The average Bonchev–Trinajstić information content (AvgIpc) is 2.69. The third-order valence-corrected chi connectivity index (χ3v) is 5.61.